The molecule has 3 heterocycles. The van der Waals surface area contributed by atoms with Crippen LogP contribution in [0.3, 0.4) is 0 Å². The van der Waals surface area contributed by atoms with Crippen LogP contribution in [-0.2, 0) is 24.0 Å². The zero-order chi connectivity index (χ0) is 21.1. The van der Waals surface area contributed by atoms with Crippen LogP contribution in [0.4, 0.5) is 5.13 Å². The Balaban J connectivity index is 0.00000320. The quantitative estimate of drug-likeness (QED) is 0.112. The van der Waals surface area contributed by atoms with Gasteiger partial charge in [0.1, 0.15) is 24.2 Å². The maximum absolute atomic E-state index is 12.7. The molecule has 2 aliphatic rings. The first-order valence-electron chi connectivity index (χ1n) is 7.99. The summed E-state index contributed by atoms with van der Waals surface area (Å²) in [5, 5.41) is 30.2. The molecule has 3 N–H and O–H groups in total. The normalized spacial score (nSPS) is 20.5. The van der Waals surface area contributed by atoms with Crippen LogP contribution in [-0.4, -0.2) is 75.8 Å². The molecule has 154 valence electrons. The molecule has 0 spiro atoms. The summed E-state index contributed by atoms with van der Waals surface area (Å²) in [4.78, 5) is 56.7. The number of carbonyl (C=O) groups excluding carboxylic acids is 4. The van der Waals surface area contributed by atoms with E-state index in [0.29, 0.717) is 6.41 Å². The number of carboxylic acid groups (broad SMARTS) is 1. The number of thioether (sulfide) groups is 1. The number of hydrogen-bond donors (Lipinski definition) is 3. The molecule has 0 bridgehead atoms. The van der Waals surface area contributed by atoms with Gasteiger partial charge in [0.15, 0.2) is 10.8 Å². The minimum Gasteiger partial charge on any atom is -0.543 e. The van der Waals surface area contributed by atoms with Crippen molar-refractivity contribution < 1.29 is 63.8 Å². The summed E-state index contributed by atoms with van der Waals surface area (Å²) in [6, 6.07) is -1.00. The molecule has 2 atom stereocenters. The topological polar surface area (TPSA) is 173 Å². The number of aliphatic carboxylic acids is 1. The minimum absolute atomic E-state index is 0. The fraction of sp³-hybridized carbons (Fsp3) is 0.333. The number of hydrogen-bond acceptors (Lipinski definition) is 11. The Morgan fingerprint density at radius 2 is 2.27 bits per heavy atom. The van der Waals surface area contributed by atoms with Gasteiger partial charge in [-0.05, 0) is 5.57 Å². The number of β-lactam (4-membered cyclic amide) rings is 1. The van der Waals surface area contributed by atoms with E-state index in [9.17, 15) is 29.4 Å². The number of aliphatic hydroxyl groups excluding tert-OH is 1. The molecule has 0 saturated carbocycles. The summed E-state index contributed by atoms with van der Waals surface area (Å²) in [7, 11) is 1.23. The van der Waals surface area contributed by atoms with Crippen molar-refractivity contribution in [1.29, 1.82) is 0 Å². The zero-order valence-electron chi connectivity index (χ0n) is 15.8. The SMILES string of the molecule is CO/N=C(\C(=O)N[C@@H]1C(=O)N2C(C(=O)[O-])=C(CO)CS[C@@H]12)c1csc(NC=O)n1.[Na+]. The molecule has 3 amide bonds. The number of aliphatic hydroxyl groups is 1. The van der Waals surface area contributed by atoms with Gasteiger partial charge in [0.2, 0.25) is 6.41 Å². The number of nitrogens with one attached hydrogen (secondary N) is 2. The summed E-state index contributed by atoms with van der Waals surface area (Å²) in [6.07, 6.45) is 0.431. The summed E-state index contributed by atoms with van der Waals surface area (Å²) in [5.74, 6) is -2.82. The Labute approximate surface area is 200 Å². The van der Waals surface area contributed by atoms with Crippen LogP contribution in [0.2, 0.25) is 0 Å². The maximum atomic E-state index is 12.7. The van der Waals surface area contributed by atoms with Crippen molar-refractivity contribution in [3.63, 3.8) is 0 Å². The molecule has 1 fully saturated rings. The van der Waals surface area contributed by atoms with Crippen molar-refractivity contribution in [2.45, 2.75) is 11.4 Å². The smallest absolute Gasteiger partial charge is 0.543 e. The second-order valence-corrected chi connectivity index (χ2v) is 7.64. The number of carboxylic acids is 1. The predicted octanol–water partition coefficient (Wildman–Crippen LogP) is -5.54. The number of oxime groups is 1. The first kappa shape index (κ1) is 24.3. The molecule has 30 heavy (non-hydrogen) atoms. The number of amides is 3. The van der Waals surface area contributed by atoms with E-state index in [-0.39, 0.29) is 63.1 Å². The molecule has 0 aliphatic carbocycles. The fourth-order valence-electron chi connectivity index (χ4n) is 2.80. The standard InChI is InChI=1S/C15H15N5O7S2.Na/c1-27-19-8(7-4-29-15(17-7)16-5-22)11(23)18-9-12(24)20-10(14(25)26)6(2-21)3-28-13(9)20;/h4-5,9,13,21H,2-3H2,1H3,(H,18,23)(H,25,26)(H,16,17,22);/q;+1/p-1/b19-8-;/t9-,13+;/m1./s1. The van der Waals surface area contributed by atoms with Gasteiger partial charge in [0.25, 0.3) is 11.8 Å². The molecule has 15 heteroatoms. The second-order valence-electron chi connectivity index (χ2n) is 5.68. The van der Waals surface area contributed by atoms with Gasteiger partial charge in [-0.1, -0.05) is 5.16 Å². The molecular formula is C15H14N5NaO7S2. The molecule has 0 unspecified atom stereocenters. The molecular weight excluding hydrogens is 449 g/mol. The van der Waals surface area contributed by atoms with Crippen molar-refractivity contribution in [1.82, 2.24) is 15.2 Å². The Kier molecular flexibility index (Phi) is 8.40. The van der Waals surface area contributed by atoms with E-state index in [4.69, 9.17) is 0 Å². The van der Waals surface area contributed by atoms with Crippen LogP contribution in [0.5, 0.6) is 0 Å². The number of carbonyl (C=O) groups is 4. The Morgan fingerprint density at radius 1 is 1.53 bits per heavy atom. The van der Waals surface area contributed by atoms with E-state index in [0.717, 1.165) is 16.2 Å². The third-order valence-electron chi connectivity index (χ3n) is 4.04. The first-order valence-corrected chi connectivity index (χ1v) is 9.92. The predicted molar refractivity (Wildman–Crippen MR) is 99.5 cm³/mol. The molecule has 1 aromatic rings. The number of nitrogens with zero attached hydrogens (tertiary/aromatic N) is 3. The third-order valence-corrected chi connectivity index (χ3v) is 6.16. The van der Waals surface area contributed by atoms with Gasteiger partial charge in [0.05, 0.1) is 18.3 Å². The number of anilines is 1. The Bertz CT molecular complexity index is 934. The van der Waals surface area contributed by atoms with E-state index in [1.807, 2.05) is 0 Å². The molecule has 2 aliphatic heterocycles. The molecule has 0 radical (unpaired) electrons. The molecule has 1 saturated heterocycles. The van der Waals surface area contributed by atoms with Crippen molar-refractivity contribution in [3.05, 3.63) is 22.3 Å². The van der Waals surface area contributed by atoms with Crippen molar-refractivity contribution >= 4 is 58.1 Å². The van der Waals surface area contributed by atoms with Crippen molar-refractivity contribution in [2.24, 2.45) is 5.16 Å². The van der Waals surface area contributed by atoms with Gasteiger partial charge < -0.3 is 30.5 Å². The number of rotatable bonds is 8. The maximum Gasteiger partial charge on any atom is 1.00 e. The second kappa shape index (κ2) is 10.4. The number of thiazole rings is 1. The number of fused-ring (bicyclic) bond motifs is 1. The largest absolute Gasteiger partial charge is 1.00 e. The Morgan fingerprint density at radius 3 is 2.87 bits per heavy atom. The van der Waals surface area contributed by atoms with E-state index >= 15 is 0 Å². The van der Waals surface area contributed by atoms with Crippen LogP contribution < -0.4 is 45.3 Å². The summed E-state index contributed by atoms with van der Waals surface area (Å²) in [5.41, 5.74) is -0.303. The van der Waals surface area contributed by atoms with Gasteiger partial charge >= 0.3 is 29.6 Å². The fourth-order valence-corrected chi connectivity index (χ4v) is 4.79. The number of aromatic nitrogens is 1. The van der Waals surface area contributed by atoms with E-state index < -0.39 is 35.8 Å². The van der Waals surface area contributed by atoms with Crippen LogP contribution in [0, 0.1) is 0 Å². The molecule has 3 rings (SSSR count). The van der Waals surface area contributed by atoms with E-state index in [1.54, 1.807) is 0 Å². The third kappa shape index (κ3) is 4.53. The van der Waals surface area contributed by atoms with Gasteiger partial charge in [-0.15, -0.1) is 23.1 Å². The average Bonchev–Trinajstić information content (AvgIpc) is 3.17. The molecule has 12 nitrogen and oxygen atoms in total. The molecule has 0 aromatic carbocycles. The van der Waals surface area contributed by atoms with Crippen LogP contribution in [0.15, 0.2) is 21.8 Å². The van der Waals surface area contributed by atoms with Gasteiger partial charge in [-0.25, -0.2) is 4.98 Å². The monoisotopic (exact) mass is 463 g/mol. The average molecular weight is 463 g/mol. The Hall–Kier alpha value is -1.97. The van der Waals surface area contributed by atoms with Crippen LogP contribution in [0.1, 0.15) is 5.69 Å². The molecule has 1 aromatic heterocycles. The first-order chi connectivity index (χ1) is 13.9. The van der Waals surface area contributed by atoms with E-state index in [1.165, 1.54) is 24.3 Å². The van der Waals surface area contributed by atoms with Gasteiger partial charge in [0, 0.05) is 11.1 Å². The summed E-state index contributed by atoms with van der Waals surface area (Å²) < 4.78 is 0. The minimum atomic E-state index is -1.57. The van der Waals surface area contributed by atoms with Gasteiger partial charge in [-0.2, -0.15) is 0 Å². The summed E-state index contributed by atoms with van der Waals surface area (Å²) >= 11 is 2.26. The van der Waals surface area contributed by atoms with Crippen molar-refractivity contribution in [2.75, 3.05) is 24.8 Å². The van der Waals surface area contributed by atoms with Gasteiger partial charge in [-0.3, -0.25) is 19.3 Å². The van der Waals surface area contributed by atoms with Crippen molar-refractivity contribution in [3.8, 4) is 0 Å². The van der Waals surface area contributed by atoms with E-state index in [2.05, 4.69) is 25.6 Å². The summed E-state index contributed by atoms with van der Waals surface area (Å²) in [6.45, 7) is -0.518. The zero-order valence-corrected chi connectivity index (χ0v) is 19.4. The van der Waals surface area contributed by atoms with Crippen LogP contribution >= 0.6 is 23.1 Å². The van der Waals surface area contributed by atoms with Crippen LogP contribution in [0.25, 0.3) is 0 Å².